The number of nitrogens with one attached hydrogen (secondary N) is 1. The fourth-order valence-electron chi connectivity index (χ4n) is 2.65. The topological polar surface area (TPSA) is 59.8 Å². The maximum Gasteiger partial charge on any atom is 0.249 e. The maximum absolute atomic E-state index is 13.4. The Balaban J connectivity index is 1.60. The van der Waals surface area contributed by atoms with Gasteiger partial charge in [-0.15, -0.1) is 0 Å². The summed E-state index contributed by atoms with van der Waals surface area (Å²) in [6.07, 6.45) is 3.05. The number of nitrogens with zero attached hydrogens (tertiary/aromatic N) is 3. The smallest absolute Gasteiger partial charge is 0.249 e. The van der Waals surface area contributed by atoms with Gasteiger partial charge < -0.3 is 5.32 Å². The molecule has 4 aromatic rings. The normalized spacial score (nSPS) is 11.4. The van der Waals surface area contributed by atoms with Gasteiger partial charge in [0.2, 0.25) is 11.0 Å². The number of anilines is 1. The molecule has 0 saturated carbocycles. The Morgan fingerprint density at radius 1 is 1.25 bits per heavy atom. The maximum atomic E-state index is 13.4. The fourth-order valence-corrected chi connectivity index (χ4v) is 3.81. The zero-order valence-electron chi connectivity index (χ0n) is 14.7. The molecule has 140 valence electrons. The summed E-state index contributed by atoms with van der Waals surface area (Å²) in [7, 11) is 0. The number of rotatable bonds is 4. The van der Waals surface area contributed by atoms with Gasteiger partial charge in [0.05, 0.1) is 15.9 Å². The van der Waals surface area contributed by atoms with E-state index in [1.54, 1.807) is 29.0 Å². The zero-order valence-corrected chi connectivity index (χ0v) is 16.3. The molecule has 0 aliphatic rings. The van der Waals surface area contributed by atoms with Crippen LogP contribution in [0.25, 0.3) is 21.4 Å². The van der Waals surface area contributed by atoms with E-state index in [4.69, 9.17) is 11.6 Å². The van der Waals surface area contributed by atoms with Crippen LogP contribution in [-0.4, -0.2) is 20.7 Å². The van der Waals surface area contributed by atoms with Crippen LogP contribution in [0.5, 0.6) is 0 Å². The van der Waals surface area contributed by atoms with Gasteiger partial charge in [-0.05, 0) is 42.8 Å². The Morgan fingerprint density at radius 3 is 2.89 bits per heavy atom. The summed E-state index contributed by atoms with van der Waals surface area (Å²) >= 11 is 7.39. The number of carbonyl (C=O) groups is 1. The molecular weight excluding hydrogens is 399 g/mol. The van der Waals surface area contributed by atoms with Crippen molar-refractivity contribution >= 4 is 51.0 Å². The van der Waals surface area contributed by atoms with Crippen LogP contribution < -0.4 is 5.32 Å². The second kappa shape index (κ2) is 7.53. The summed E-state index contributed by atoms with van der Waals surface area (Å²) < 4.78 is 15.7. The van der Waals surface area contributed by atoms with Gasteiger partial charge in [-0.1, -0.05) is 41.1 Å². The first-order valence-electron chi connectivity index (χ1n) is 8.36. The molecule has 0 atom stereocenters. The molecule has 2 aromatic carbocycles. The van der Waals surface area contributed by atoms with E-state index in [0.29, 0.717) is 26.2 Å². The van der Waals surface area contributed by atoms with Gasteiger partial charge >= 0.3 is 0 Å². The van der Waals surface area contributed by atoms with Crippen molar-refractivity contribution in [3.63, 3.8) is 0 Å². The van der Waals surface area contributed by atoms with Crippen molar-refractivity contribution in [3.8, 4) is 5.13 Å². The molecule has 0 aliphatic heterocycles. The fraction of sp³-hybridized carbons (Fsp3) is 0.0500. The van der Waals surface area contributed by atoms with Crippen LogP contribution in [0.3, 0.4) is 0 Å². The number of amides is 1. The molecule has 0 spiro atoms. The number of thiazole rings is 1. The van der Waals surface area contributed by atoms with Gasteiger partial charge in [0.1, 0.15) is 11.6 Å². The molecule has 8 heteroatoms. The van der Waals surface area contributed by atoms with Crippen molar-refractivity contribution in [2.24, 2.45) is 0 Å². The SMILES string of the molecule is Cc1cc(NC(=O)/C=C/c2ccccc2Cl)n(-c2nc3ccc(F)cc3s2)n1. The number of halogens is 2. The van der Waals surface area contributed by atoms with Gasteiger partial charge in [-0.2, -0.15) is 9.78 Å². The number of benzene rings is 2. The summed E-state index contributed by atoms with van der Waals surface area (Å²) in [5, 5.41) is 8.30. The largest absolute Gasteiger partial charge is 0.307 e. The van der Waals surface area contributed by atoms with E-state index >= 15 is 0 Å². The molecule has 1 amide bonds. The molecule has 1 N–H and O–H groups in total. The van der Waals surface area contributed by atoms with Crippen molar-refractivity contribution in [2.75, 3.05) is 5.32 Å². The molecule has 2 heterocycles. The van der Waals surface area contributed by atoms with Gasteiger partial charge in [0.25, 0.3) is 0 Å². The predicted octanol–water partition coefficient (Wildman–Crippen LogP) is 5.23. The second-order valence-electron chi connectivity index (χ2n) is 6.04. The van der Waals surface area contributed by atoms with Crippen LogP contribution in [0.4, 0.5) is 10.2 Å². The summed E-state index contributed by atoms with van der Waals surface area (Å²) in [5.41, 5.74) is 2.14. The number of hydrogen-bond donors (Lipinski definition) is 1. The monoisotopic (exact) mass is 412 g/mol. The molecular formula is C20H14ClFN4OS. The first-order chi connectivity index (χ1) is 13.5. The Bertz CT molecular complexity index is 1210. The van der Waals surface area contributed by atoms with Crippen LogP contribution in [0.15, 0.2) is 54.6 Å². The van der Waals surface area contributed by atoms with Crippen LogP contribution in [0.2, 0.25) is 5.02 Å². The number of hydrogen-bond acceptors (Lipinski definition) is 4. The average Bonchev–Trinajstić information content (AvgIpc) is 3.23. The summed E-state index contributed by atoms with van der Waals surface area (Å²) in [5.74, 6) is -0.170. The highest BCUT2D eigenvalue weighted by Gasteiger charge is 2.14. The van der Waals surface area contributed by atoms with Crippen LogP contribution in [0, 0.1) is 12.7 Å². The lowest BCUT2D eigenvalue weighted by atomic mass is 10.2. The highest BCUT2D eigenvalue weighted by Crippen LogP contribution is 2.28. The minimum absolute atomic E-state index is 0.322. The van der Waals surface area contributed by atoms with E-state index in [2.05, 4.69) is 15.4 Å². The van der Waals surface area contributed by atoms with Crippen molar-refractivity contribution in [2.45, 2.75) is 6.92 Å². The molecule has 0 saturated heterocycles. The Kier molecular flexibility index (Phi) is 4.93. The average molecular weight is 413 g/mol. The molecule has 4 rings (SSSR count). The van der Waals surface area contributed by atoms with Gasteiger partial charge in [0, 0.05) is 17.2 Å². The highest BCUT2D eigenvalue weighted by atomic mass is 35.5. The first kappa shape index (κ1) is 18.3. The van der Waals surface area contributed by atoms with Crippen LogP contribution in [0.1, 0.15) is 11.3 Å². The van der Waals surface area contributed by atoms with Gasteiger partial charge in [-0.25, -0.2) is 9.37 Å². The quantitative estimate of drug-likeness (QED) is 0.466. The number of aryl methyl sites for hydroxylation is 1. The third kappa shape index (κ3) is 3.81. The highest BCUT2D eigenvalue weighted by molar-refractivity contribution is 7.20. The summed E-state index contributed by atoms with van der Waals surface area (Å²) in [6.45, 7) is 1.82. The van der Waals surface area contributed by atoms with E-state index in [9.17, 15) is 9.18 Å². The first-order valence-corrected chi connectivity index (χ1v) is 9.56. The van der Waals surface area contributed by atoms with Crippen molar-refractivity contribution in [1.82, 2.24) is 14.8 Å². The molecule has 0 fully saturated rings. The van der Waals surface area contributed by atoms with E-state index in [0.717, 1.165) is 11.3 Å². The van der Waals surface area contributed by atoms with E-state index < -0.39 is 0 Å². The lowest BCUT2D eigenvalue weighted by Gasteiger charge is -2.04. The van der Waals surface area contributed by atoms with Gasteiger partial charge in [-0.3, -0.25) is 4.79 Å². The number of carbonyl (C=O) groups excluding carboxylic acids is 1. The molecule has 0 bridgehead atoms. The molecule has 2 aromatic heterocycles. The predicted molar refractivity (Wildman–Crippen MR) is 111 cm³/mol. The number of fused-ring (bicyclic) bond motifs is 1. The van der Waals surface area contributed by atoms with E-state index in [1.165, 1.54) is 29.5 Å². The second-order valence-corrected chi connectivity index (χ2v) is 7.45. The summed E-state index contributed by atoms with van der Waals surface area (Å²) in [6, 6.07) is 13.4. The molecule has 28 heavy (non-hydrogen) atoms. The molecule has 5 nitrogen and oxygen atoms in total. The third-order valence-corrected chi connectivity index (χ3v) is 5.26. The van der Waals surface area contributed by atoms with Crippen molar-refractivity contribution in [3.05, 3.63) is 76.7 Å². The number of aromatic nitrogens is 3. The Hall–Kier alpha value is -3.03. The minimum atomic E-state index is -0.326. The van der Waals surface area contributed by atoms with Gasteiger partial charge in [0.15, 0.2) is 0 Å². The lowest BCUT2D eigenvalue weighted by Crippen LogP contribution is -2.12. The van der Waals surface area contributed by atoms with Crippen molar-refractivity contribution in [1.29, 1.82) is 0 Å². The Labute approximate surface area is 169 Å². The summed E-state index contributed by atoms with van der Waals surface area (Å²) in [4.78, 5) is 16.8. The van der Waals surface area contributed by atoms with E-state index in [-0.39, 0.29) is 11.7 Å². The zero-order chi connectivity index (χ0) is 19.7. The van der Waals surface area contributed by atoms with E-state index in [1.807, 2.05) is 25.1 Å². The van der Waals surface area contributed by atoms with Crippen LogP contribution in [-0.2, 0) is 4.79 Å². The lowest BCUT2D eigenvalue weighted by molar-refractivity contribution is -0.111. The third-order valence-electron chi connectivity index (χ3n) is 3.92. The molecule has 0 unspecified atom stereocenters. The van der Waals surface area contributed by atoms with Crippen molar-refractivity contribution < 1.29 is 9.18 Å². The molecule has 0 radical (unpaired) electrons. The minimum Gasteiger partial charge on any atom is -0.307 e. The standard InChI is InChI=1S/C20H14ClFN4OS/c1-12-10-18(24-19(27)9-6-13-4-2-3-5-15(13)21)26(25-12)20-23-16-8-7-14(22)11-17(16)28-20/h2-11H,1H3,(H,24,27)/b9-6+. The molecule has 0 aliphatic carbocycles. The Morgan fingerprint density at radius 2 is 2.07 bits per heavy atom. The van der Waals surface area contributed by atoms with Crippen LogP contribution >= 0.6 is 22.9 Å².